The monoisotopic (exact) mass is 248 g/mol. The number of benzene rings is 1. The first kappa shape index (κ1) is 13.4. The van der Waals surface area contributed by atoms with Crippen LogP contribution in [0.2, 0.25) is 0 Å². The van der Waals surface area contributed by atoms with Crippen molar-refractivity contribution in [3.63, 3.8) is 0 Å². The molecule has 1 fully saturated rings. The highest BCUT2D eigenvalue weighted by atomic mass is 16.5. The van der Waals surface area contributed by atoms with Crippen molar-refractivity contribution >= 4 is 0 Å². The maximum Gasteiger partial charge on any atom is 0.119 e. The summed E-state index contributed by atoms with van der Waals surface area (Å²) < 4.78 is 5.49. The molecule has 2 N–H and O–H groups in total. The summed E-state index contributed by atoms with van der Waals surface area (Å²) in [6, 6.07) is 9.36. The van der Waals surface area contributed by atoms with Crippen LogP contribution in [0.5, 0.6) is 5.75 Å². The van der Waals surface area contributed by atoms with Crippen LogP contribution in [0.1, 0.15) is 31.4 Å². The van der Waals surface area contributed by atoms with Gasteiger partial charge in [0.2, 0.25) is 0 Å². The van der Waals surface area contributed by atoms with E-state index >= 15 is 0 Å². The molecule has 0 spiro atoms. The van der Waals surface area contributed by atoms with Crippen LogP contribution in [0.25, 0.3) is 0 Å². The van der Waals surface area contributed by atoms with Crippen LogP contribution >= 0.6 is 0 Å². The largest absolute Gasteiger partial charge is 0.494 e. The first-order chi connectivity index (χ1) is 8.61. The van der Waals surface area contributed by atoms with Gasteiger partial charge < -0.3 is 15.4 Å². The number of ether oxygens (including phenoxy) is 1. The van der Waals surface area contributed by atoms with Gasteiger partial charge in [-0.3, -0.25) is 0 Å². The Morgan fingerprint density at radius 3 is 2.33 bits per heavy atom. The lowest BCUT2D eigenvalue weighted by atomic mass is 9.73. The topological polar surface area (TPSA) is 38.5 Å². The van der Waals surface area contributed by atoms with E-state index in [0.717, 1.165) is 18.6 Å². The van der Waals surface area contributed by atoms with Gasteiger partial charge in [-0.25, -0.2) is 0 Å². The first-order valence-electron chi connectivity index (χ1n) is 6.76. The number of rotatable bonds is 5. The van der Waals surface area contributed by atoms with Crippen molar-refractivity contribution in [2.75, 3.05) is 20.7 Å². The molecule has 3 nitrogen and oxygen atoms in total. The van der Waals surface area contributed by atoms with Crippen LogP contribution in [-0.4, -0.2) is 31.6 Å². The zero-order valence-corrected chi connectivity index (χ0v) is 11.6. The van der Waals surface area contributed by atoms with E-state index in [9.17, 15) is 0 Å². The third-order valence-electron chi connectivity index (χ3n) is 3.75. The predicted octanol–water partition coefficient (Wildman–Crippen LogP) is 2.43. The normalized spacial score (nSPS) is 24.7. The predicted molar refractivity (Wildman–Crippen MR) is 74.7 cm³/mol. The molecule has 1 aromatic rings. The van der Waals surface area contributed by atoms with Gasteiger partial charge in [0, 0.05) is 12.1 Å². The summed E-state index contributed by atoms with van der Waals surface area (Å²) in [5, 5.41) is 0. The number of hydrogen-bond donors (Lipinski definition) is 1. The Morgan fingerprint density at radius 2 is 1.89 bits per heavy atom. The lowest BCUT2D eigenvalue weighted by molar-refractivity contribution is 0.123. The van der Waals surface area contributed by atoms with Crippen molar-refractivity contribution in [2.24, 2.45) is 11.7 Å². The van der Waals surface area contributed by atoms with Crippen LogP contribution in [-0.2, 0) is 0 Å². The molecule has 1 unspecified atom stereocenters. The molecule has 0 aliphatic heterocycles. The molecule has 0 saturated heterocycles. The van der Waals surface area contributed by atoms with E-state index in [4.69, 9.17) is 10.5 Å². The first-order valence-corrected chi connectivity index (χ1v) is 6.76. The van der Waals surface area contributed by atoms with Gasteiger partial charge in [0.25, 0.3) is 0 Å². The molecule has 18 heavy (non-hydrogen) atoms. The van der Waals surface area contributed by atoms with Crippen LogP contribution in [0.15, 0.2) is 24.3 Å². The second kappa shape index (κ2) is 5.72. The van der Waals surface area contributed by atoms with Crippen molar-refractivity contribution < 1.29 is 4.74 Å². The van der Waals surface area contributed by atoms with Crippen molar-refractivity contribution in [3.05, 3.63) is 29.8 Å². The summed E-state index contributed by atoms with van der Waals surface area (Å²) in [6.45, 7) is 2.72. The molecular formula is C15H24N2O. The molecule has 0 radical (unpaired) electrons. The highest BCUT2D eigenvalue weighted by Gasteiger charge is 2.34. The third kappa shape index (κ3) is 2.85. The maximum atomic E-state index is 5.91. The van der Waals surface area contributed by atoms with E-state index < -0.39 is 0 Å². The lowest BCUT2D eigenvalue weighted by Crippen LogP contribution is -2.43. The Labute approximate surface area is 110 Å². The molecule has 1 aromatic carbocycles. The molecule has 1 atom stereocenters. The smallest absolute Gasteiger partial charge is 0.119 e. The number of nitrogens with two attached hydrogens (primary N) is 1. The Morgan fingerprint density at radius 1 is 1.28 bits per heavy atom. The average molecular weight is 248 g/mol. The van der Waals surface area contributed by atoms with Gasteiger partial charge >= 0.3 is 0 Å². The molecule has 1 aliphatic carbocycles. The van der Waals surface area contributed by atoms with Gasteiger partial charge in [-0.1, -0.05) is 12.1 Å². The van der Waals surface area contributed by atoms with E-state index in [1.807, 2.05) is 6.92 Å². The summed E-state index contributed by atoms with van der Waals surface area (Å²) in [6.07, 6.45) is 2.27. The Kier molecular flexibility index (Phi) is 4.25. The molecule has 0 heterocycles. The second-order valence-corrected chi connectivity index (χ2v) is 5.40. The Hall–Kier alpha value is -1.06. The van der Waals surface area contributed by atoms with Gasteiger partial charge in [-0.05, 0) is 57.5 Å². The molecule has 0 aromatic heterocycles. The van der Waals surface area contributed by atoms with E-state index in [1.54, 1.807) is 0 Å². The fourth-order valence-corrected chi connectivity index (χ4v) is 2.89. The quantitative estimate of drug-likeness (QED) is 0.869. The summed E-state index contributed by atoms with van der Waals surface area (Å²) >= 11 is 0. The van der Waals surface area contributed by atoms with Gasteiger partial charge in [-0.15, -0.1) is 0 Å². The molecule has 1 saturated carbocycles. The van der Waals surface area contributed by atoms with E-state index in [2.05, 4.69) is 43.3 Å². The van der Waals surface area contributed by atoms with Gasteiger partial charge in [0.1, 0.15) is 5.75 Å². The van der Waals surface area contributed by atoms with Crippen molar-refractivity contribution in [1.82, 2.24) is 4.90 Å². The minimum absolute atomic E-state index is 0.403. The molecule has 2 rings (SSSR count). The molecule has 0 amide bonds. The molecule has 3 heteroatoms. The fourth-order valence-electron chi connectivity index (χ4n) is 2.89. The summed E-state index contributed by atoms with van der Waals surface area (Å²) in [4.78, 5) is 2.30. The third-order valence-corrected chi connectivity index (χ3v) is 3.75. The van der Waals surface area contributed by atoms with Crippen molar-refractivity contribution in [1.29, 1.82) is 0 Å². The summed E-state index contributed by atoms with van der Waals surface area (Å²) in [7, 11) is 4.29. The fraction of sp³-hybridized carbons (Fsp3) is 0.600. The highest BCUT2D eigenvalue weighted by molar-refractivity contribution is 5.30. The Bertz CT molecular complexity index is 369. The second-order valence-electron chi connectivity index (χ2n) is 5.40. The van der Waals surface area contributed by atoms with E-state index in [1.165, 1.54) is 5.56 Å². The lowest BCUT2D eigenvalue weighted by Gasteiger charge is -2.41. The number of hydrogen-bond acceptors (Lipinski definition) is 3. The van der Waals surface area contributed by atoms with Gasteiger partial charge in [0.15, 0.2) is 0 Å². The maximum absolute atomic E-state index is 5.91. The molecule has 1 aliphatic rings. The SMILES string of the molecule is CCOc1ccc(C(C2CC(N)C2)N(C)C)cc1. The summed E-state index contributed by atoms with van der Waals surface area (Å²) in [5.74, 6) is 1.64. The van der Waals surface area contributed by atoms with Crippen molar-refractivity contribution in [3.8, 4) is 5.75 Å². The van der Waals surface area contributed by atoms with Gasteiger partial charge in [0.05, 0.1) is 6.61 Å². The van der Waals surface area contributed by atoms with Crippen LogP contribution in [0.4, 0.5) is 0 Å². The van der Waals surface area contributed by atoms with Gasteiger partial charge in [-0.2, -0.15) is 0 Å². The molecule has 100 valence electrons. The van der Waals surface area contributed by atoms with Crippen molar-refractivity contribution in [2.45, 2.75) is 31.8 Å². The minimum Gasteiger partial charge on any atom is -0.494 e. The summed E-state index contributed by atoms with van der Waals surface area (Å²) in [5.41, 5.74) is 7.27. The number of nitrogens with zero attached hydrogens (tertiary/aromatic N) is 1. The highest BCUT2D eigenvalue weighted by Crippen LogP contribution is 2.40. The minimum atomic E-state index is 0.403. The van der Waals surface area contributed by atoms with E-state index in [0.29, 0.717) is 24.6 Å². The Balaban J connectivity index is 2.10. The van der Waals surface area contributed by atoms with Crippen LogP contribution in [0.3, 0.4) is 0 Å². The van der Waals surface area contributed by atoms with Crippen LogP contribution in [0, 0.1) is 5.92 Å². The zero-order chi connectivity index (χ0) is 13.1. The van der Waals surface area contributed by atoms with Crippen LogP contribution < -0.4 is 10.5 Å². The average Bonchev–Trinajstić information content (AvgIpc) is 2.29. The molecule has 0 bridgehead atoms. The molecular weight excluding hydrogens is 224 g/mol. The van der Waals surface area contributed by atoms with E-state index in [-0.39, 0.29) is 0 Å². The zero-order valence-electron chi connectivity index (χ0n) is 11.6. The standard InChI is InChI=1S/C15H24N2O/c1-4-18-14-7-5-11(6-8-14)15(17(2)3)12-9-13(16)10-12/h5-8,12-13,15H,4,9-10,16H2,1-3H3.